The Hall–Kier alpha value is -0.120. The molecule has 0 aliphatic heterocycles. The van der Waals surface area contributed by atoms with Gasteiger partial charge < -0.3 is 15.8 Å². The Bertz CT molecular complexity index is 654. The standard InChI is InChI=1S/C34H64N2O/c1-4-5-6-7-8-12-23-36-24-13-10-16-28-18-20-30-29-19-17-27-15-9-11-21-33(27,2)31(29)26-32(34(28,30)3)37-25-14-22-35/h27-32,36H,4-26,35H2,1-3H3/t27?,28-,29-,30?,31?,32-,33?,34?/m0/s1. The van der Waals surface area contributed by atoms with E-state index in [-0.39, 0.29) is 0 Å². The van der Waals surface area contributed by atoms with Gasteiger partial charge in [-0.25, -0.2) is 0 Å². The minimum absolute atomic E-state index is 0.388. The molecule has 0 aromatic carbocycles. The monoisotopic (exact) mass is 517 g/mol. The first-order valence-corrected chi connectivity index (χ1v) is 17.1. The van der Waals surface area contributed by atoms with Crippen molar-refractivity contribution in [2.75, 3.05) is 26.2 Å². The van der Waals surface area contributed by atoms with Crippen molar-refractivity contribution in [1.29, 1.82) is 0 Å². The SMILES string of the molecule is CCCCCCCCNCCCC[C@H]1CCC2[C@@H]3CCC4CCCCC4(C)C3C[C@H](OCCCN)C21C. The van der Waals surface area contributed by atoms with Gasteiger partial charge in [0.2, 0.25) is 0 Å². The number of fused-ring (bicyclic) bond motifs is 5. The molecule has 0 aromatic rings. The van der Waals surface area contributed by atoms with Gasteiger partial charge in [-0.3, -0.25) is 0 Å². The molecule has 0 amide bonds. The smallest absolute Gasteiger partial charge is 0.0637 e. The van der Waals surface area contributed by atoms with E-state index in [1.807, 2.05) is 0 Å². The highest BCUT2D eigenvalue weighted by molar-refractivity contribution is 5.12. The third kappa shape index (κ3) is 6.79. The van der Waals surface area contributed by atoms with Crippen LogP contribution in [-0.4, -0.2) is 32.3 Å². The molecule has 0 aromatic heterocycles. The molecule has 5 unspecified atom stereocenters. The van der Waals surface area contributed by atoms with Gasteiger partial charge in [-0.1, -0.05) is 72.1 Å². The number of unbranched alkanes of at least 4 members (excludes halogenated alkanes) is 6. The Kier molecular flexibility index (Phi) is 11.7. The van der Waals surface area contributed by atoms with Crippen molar-refractivity contribution in [3.8, 4) is 0 Å². The molecule has 3 heteroatoms. The van der Waals surface area contributed by atoms with Gasteiger partial charge in [0, 0.05) is 6.61 Å². The predicted molar refractivity (Wildman–Crippen MR) is 159 cm³/mol. The molecule has 37 heavy (non-hydrogen) atoms. The van der Waals surface area contributed by atoms with Crippen molar-refractivity contribution in [1.82, 2.24) is 5.32 Å². The number of nitrogens with one attached hydrogen (secondary N) is 1. The molecular formula is C34H64N2O. The number of rotatable bonds is 16. The summed E-state index contributed by atoms with van der Waals surface area (Å²) in [5.74, 6) is 4.60. The highest BCUT2D eigenvalue weighted by Crippen LogP contribution is 2.68. The van der Waals surface area contributed by atoms with Crippen LogP contribution in [0.5, 0.6) is 0 Å². The summed E-state index contributed by atoms with van der Waals surface area (Å²) in [7, 11) is 0. The van der Waals surface area contributed by atoms with E-state index >= 15 is 0 Å². The maximum Gasteiger partial charge on any atom is 0.0637 e. The summed E-state index contributed by atoms with van der Waals surface area (Å²) >= 11 is 0. The first kappa shape index (κ1) is 29.9. The van der Waals surface area contributed by atoms with Crippen molar-refractivity contribution in [3.05, 3.63) is 0 Å². The molecule has 8 atom stereocenters. The lowest BCUT2D eigenvalue weighted by Crippen LogP contribution is -2.58. The van der Waals surface area contributed by atoms with E-state index in [9.17, 15) is 0 Å². The maximum absolute atomic E-state index is 6.86. The van der Waals surface area contributed by atoms with Crippen LogP contribution in [0.25, 0.3) is 0 Å². The van der Waals surface area contributed by atoms with E-state index in [0.29, 0.717) is 16.9 Å². The highest BCUT2D eigenvalue weighted by Gasteiger charge is 2.63. The maximum atomic E-state index is 6.86. The molecule has 3 N–H and O–H groups in total. The topological polar surface area (TPSA) is 47.3 Å². The van der Waals surface area contributed by atoms with Gasteiger partial charge >= 0.3 is 0 Å². The number of ether oxygens (including phenoxy) is 1. The van der Waals surface area contributed by atoms with Crippen molar-refractivity contribution in [3.63, 3.8) is 0 Å². The lowest BCUT2D eigenvalue weighted by Gasteiger charge is -2.62. The highest BCUT2D eigenvalue weighted by atomic mass is 16.5. The van der Waals surface area contributed by atoms with Gasteiger partial charge in [0.25, 0.3) is 0 Å². The van der Waals surface area contributed by atoms with Crippen LogP contribution in [0, 0.1) is 40.4 Å². The number of nitrogens with two attached hydrogens (primary N) is 1. The molecular weight excluding hydrogens is 452 g/mol. The van der Waals surface area contributed by atoms with Gasteiger partial charge in [-0.2, -0.15) is 0 Å². The lowest BCUT2D eigenvalue weighted by molar-refractivity contribution is -0.181. The summed E-state index contributed by atoms with van der Waals surface area (Å²) in [4.78, 5) is 0. The molecule has 0 spiro atoms. The van der Waals surface area contributed by atoms with E-state index in [4.69, 9.17) is 10.5 Å². The van der Waals surface area contributed by atoms with Crippen LogP contribution in [0.4, 0.5) is 0 Å². The summed E-state index contributed by atoms with van der Waals surface area (Å²) in [6, 6.07) is 0. The molecule has 4 rings (SSSR count). The summed E-state index contributed by atoms with van der Waals surface area (Å²) in [5, 5.41) is 3.74. The molecule has 0 heterocycles. The number of hydrogen-bond acceptors (Lipinski definition) is 3. The Morgan fingerprint density at radius 3 is 2.41 bits per heavy atom. The molecule has 216 valence electrons. The van der Waals surface area contributed by atoms with E-state index in [2.05, 4.69) is 26.1 Å². The van der Waals surface area contributed by atoms with Gasteiger partial charge in [0.05, 0.1) is 6.10 Å². The molecule has 0 radical (unpaired) electrons. The van der Waals surface area contributed by atoms with Gasteiger partial charge in [-0.15, -0.1) is 0 Å². The quantitative estimate of drug-likeness (QED) is 0.202. The van der Waals surface area contributed by atoms with Gasteiger partial charge in [-0.05, 0) is 131 Å². The largest absolute Gasteiger partial charge is 0.378 e. The van der Waals surface area contributed by atoms with Crippen LogP contribution in [0.15, 0.2) is 0 Å². The molecule has 0 bridgehead atoms. The number of hydrogen-bond donors (Lipinski definition) is 2. The van der Waals surface area contributed by atoms with Crippen molar-refractivity contribution in [2.45, 2.75) is 149 Å². The van der Waals surface area contributed by atoms with Crippen molar-refractivity contribution >= 4 is 0 Å². The average Bonchev–Trinajstić information content (AvgIpc) is 3.24. The second kappa shape index (κ2) is 14.5. The molecule has 0 saturated heterocycles. The average molecular weight is 517 g/mol. The summed E-state index contributed by atoms with van der Waals surface area (Å²) < 4.78 is 6.86. The zero-order valence-electron chi connectivity index (χ0n) is 25.2. The van der Waals surface area contributed by atoms with Gasteiger partial charge in [0.1, 0.15) is 0 Å². The van der Waals surface area contributed by atoms with E-state index < -0.39 is 0 Å². The Morgan fingerprint density at radius 2 is 1.59 bits per heavy atom. The van der Waals surface area contributed by atoms with E-state index in [0.717, 1.165) is 49.2 Å². The zero-order valence-corrected chi connectivity index (χ0v) is 25.2. The molecule has 4 fully saturated rings. The van der Waals surface area contributed by atoms with Crippen LogP contribution in [0.1, 0.15) is 143 Å². The summed E-state index contributed by atoms with van der Waals surface area (Å²) in [6.07, 6.45) is 27.2. The summed E-state index contributed by atoms with van der Waals surface area (Å²) in [5.41, 5.74) is 6.86. The summed E-state index contributed by atoms with van der Waals surface area (Å²) in [6.45, 7) is 11.7. The van der Waals surface area contributed by atoms with Crippen LogP contribution in [0.2, 0.25) is 0 Å². The third-order valence-electron chi connectivity index (χ3n) is 12.4. The lowest BCUT2D eigenvalue weighted by atomic mass is 9.44. The minimum atomic E-state index is 0.388. The Balaban J connectivity index is 1.30. The van der Waals surface area contributed by atoms with Crippen LogP contribution >= 0.6 is 0 Å². The fourth-order valence-electron chi connectivity index (χ4n) is 10.2. The molecule has 4 aliphatic rings. The molecule has 4 saturated carbocycles. The minimum Gasteiger partial charge on any atom is -0.378 e. The van der Waals surface area contributed by atoms with Crippen molar-refractivity contribution < 1.29 is 4.74 Å². The molecule has 3 nitrogen and oxygen atoms in total. The first-order chi connectivity index (χ1) is 18.1. The van der Waals surface area contributed by atoms with Gasteiger partial charge in [0.15, 0.2) is 0 Å². The third-order valence-corrected chi connectivity index (χ3v) is 12.4. The van der Waals surface area contributed by atoms with E-state index in [1.54, 1.807) is 0 Å². The molecule has 4 aliphatic carbocycles. The second-order valence-corrected chi connectivity index (χ2v) is 14.3. The first-order valence-electron chi connectivity index (χ1n) is 17.1. The normalized spacial score (nSPS) is 39.2. The zero-order chi connectivity index (χ0) is 26.1. The van der Waals surface area contributed by atoms with E-state index in [1.165, 1.54) is 129 Å². The van der Waals surface area contributed by atoms with Crippen molar-refractivity contribution in [2.24, 2.45) is 46.2 Å². The van der Waals surface area contributed by atoms with Crippen LogP contribution in [-0.2, 0) is 4.74 Å². The van der Waals surface area contributed by atoms with Crippen LogP contribution in [0.3, 0.4) is 0 Å². The fourth-order valence-corrected chi connectivity index (χ4v) is 10.2. The van der Waals surface area contributed by atoms with Crippen LogP contribution < -0.4 is 11.1 Å². The fraction of sp³-hybridized carbons (Fsp3) is 1.00. The predicted octanol–water partition coefficient (Wildman–Crippen LogP) is 8.50. The second-order valence-electron chi connectivity index (χ2n) is 14.3. The Labute approximate surface area is 231 Å². The Morgan fingerprint density at radius 1 is 0.811 bits per heavy atom.